The second kappa shape index (κ2) is 13.5. The first-order chi connectivity index (χ1) is 25.4. The average molecular weight is 755 g/mol. The SMILES string of the molecule is C=C1CN2CCC[C@@]2(COc2nc3c(c(N4CCCn5nc(C(=O)N6CCC6)c(Cl)c5C4)n2)CO[C@@H](c2c(F)c(N)cc(C#CC)c2C(F)(F)F)C3)C1. The van der Waals surface area contributed by atoms with Crippen molar-refractivity contribution in [2.45, 2.75) is 83.0 Å². The van der Waals surface area contributed by atoms with Crippen molar-refractivity contribution < 1.29 is 31.8 Å². The number of aromatic nitrogens is 4. The number of nitrogen functional groups attached to an aromatic ring is 1. The third-order valence-corrected chi connectivity index (χ3v) is 11.4. The number of aryl methyl sites for hydroxylation is 1. The third kappa shape index (κ3) is 6.28. The van der Waals surface area contributed by atoms with Crippen molar-refractivity contribution in [3.8, 4) is 17.9 Å². The maximum Gasteiger partial charge on any atom is 0.418 e. The first-order valence-electron chi connectivity index (χ1n) is 17.8. The molecule has 3 fully saturated rings. The summed E-state index contributed by atoms with van der Waals surface area (Å²) in [6.45, 7) is 9.99. The van der Waals surface area contributed by atoms with E-state index in [1.54, 1.807) is 9.58 Å². The summed E-state index contributed by atoms with van der Waals surface area (Å²) in [5, 5.41) is 4.86. The molecule has 280 valence electrons. The number of nitrogens with zero attached hydrogens (tertiary/aromatic N) is 7. The Hall–Kier alpha value is -4.39. The summed E-state index contributed by atoms with van der Waals surface area (Å²) in [5.74, 6) is 3.95. The number of alkyl halides is 3. The Balaban J connectivity index is 1.18. The molecule has 7 heterocycles. The zero-order valence-corrected chi connectivity index (χ0v) is 30.0. The maximum absolute atomic E-state index is 15.8. The Morgan fingerprint density at radius 2 is 1.96 bits per heavy atom. The molecule has 0 aliphatic carbocycles. The number of benzene rings is 1. The van der Waals surface area contributed by atoms with Gasteiger partial charge in [0.1, 0.15) is 12.4 Å². The van der Waals surface area contributed by atoms with Gasteiger partial charge in [-0.05, 0) is 51.6 Å². The number of amides is 1. The van der Waals surface area contributed by atoms with Crippen LogP contribution in [0.15, 0.2) is 18.2 Å². The Labute approximate surface area is 309 Å². The van der Waals surface area contributed by atoms with Crippen LogP contribution < -0.4 is 15.4 Å². The molecule has 2 N–H and O–H groups in total. The number of fused-ring (bicyclic) bond motifs is 3. The van der Waals surface area contributed by atoms with Crippen LogP contribution in [0, 0.1) is 17.7 Å². The van der Waals surface area contributed by atoms with Crippen LogP contribution in [0.4, 0.5) is 29.1 Å². The van der Waals surface area contributed by atoms with Crippen molar-refractivity contribution >= 4 is 29.0 Å². The molecule has 5 aliphatic heterocycles. The van der Waals surface area contributed by atoms with E-state index >= 15 is 4.39 Å². The third-order valence-electron chi connectivity index (χ3n) is 11.0. The fourth-order valence-electron chi connectivity index (χ4n) is 8.40. The average Bonchev–Trinajstić information content (AvgIpc) is 3.65. The van der Waals surface area contributed by atoms with Crippen LogP contribution >= 0.6 is 11.6 Å². The molecule has 1 aromatic carbocycles. The summed E-state index contributed by atoms with van der Waals surface area (Å²) in [6, 6.07) is 0.958. The molecular formula is C37H39ClF4N8O3. The number of hydrogen-bond donors (Lipinski definition) is 1. The van der Waals surface area contributed by atoms with E-state index in [0.29, 0.717) is 62.0 Å². The molecule has 0 bridgehead atoms. The van der Waals surface area contributed by atoms with E-state index in [-0.39, 0.29) is 47.7 Å². The molecule has 3 saturated heterocycles. The molecule has 53 heavy (non-hydrogen) atoms. The number of rotatable bonds is 6. The normalized spacial score (nSPS) is 22.8. The van der Waals surface area contributed by atoms with E-state index < -0.39 is 40.5 Å². The standard InChI is InChI=1S/C37H39ClF4N8O3/c1-3-7-22-14-24(43)31(39)28(29(22)37(40,41)42)27-15-25-23(19-52-27)33(45-35(44-25)53-20-36-8-4-12-49(36)17-21(2)16-36)48-11-6-13-50-26(18-48)30(38)32(46-50)34(51)47-9-5-10-47/h14,27H,2,4-6,8-13,15-20,43H2,1H3/t27-,36+/m1/s1. The molecule has 8 rings (SSSR count). The summed E-state index contributed by atoms with van der Waals surface area (Å²) in [4.78, 5) is 28.8. The molecule has 11 nitrogen and oxygen atoms in total. The van der Waals surface area contributed by atoms with E-state index in [2.05, 4.69) is 28.4 Å². The zero-order valence-electron chi connectivity index (χ0n) is 29.3. The number of carbonyl (C=O) groups is 1. The lowest BCUT2D eigenvalue weighted by Gasteiger charge is -2.33. The highest BCUT2D eigenvalue weighted by Gasteiger charge is 2.47. The van der Waals surface area contributed by atoms with Crippen LogP contribution in [0.1, 0.15) is 89.3 Å². The number of hydrogen-bond acceptors (Lipinski definition) is 9. The largest absolute Gasteiger partial charge is 0.461 e. The van der Waals surface area contributed by atoms with Gasteiger partial charge in [-0.15, -0.1) is 5.92 Å². The Morgan fingerprint density at radius 3 is 2.70 bits per heavy atom. The van der Waals surface area contributed by atoms with Gasteiger partial charge in [-0.3, -0.25) is 14.4 Å². The van der Waals surface area contributed by atoms with E-state index in [4.69, 9.17) is 36.8 Å². The van der Waals surface area contributed by atoms with Gasteiger partial charge in [-0.1, -0.05) is 29.7 Å². The van der Waals surface area contributed by atoms with Gasteiger partial charge in [0.2, 0.25) is 0 Å². The smallest absolute Gasteiger partial charge is 0.418 e. The molecule has 0 radical (unpaired) electrons. The molecule has 16 heteroatoms. The molecule has 5 aliphatic rings. The fourth-order valence-corrected chi connectivity index (χ4v) is 8.67. The number of nitrogens with two attached hydrogens (primary N) is 1. The van der Waals surface area contributed by atoms with Gasteiger partial charge in [0.15, 0.2) is 11.5 Å². The summed E-state index contributed by atoms with van der Waals surface area (Å²) in [6.07, 6.45) is -2.25. The van der Waals surface area contributed by atoms with Crippen LogP contribution in [0.2, 0.25) is 5.02 Å². The second-order valence-electron chi connectivity index (χ2n) is 14.5. The highest BCUT2D eigenvalue weighted by Crippen LogP contribution is 2.45. The van der Waals surface area contributed by atoms with Crippen LogP contribution in [0.25, 0.3) is 0 Å². The lowest BCUT2D eigenvalue weighted by Crippen LogP contribution is -2.43. The van der Waals surface area contributed by atoms with Gasteiger partial charge in [0.05, 0.1) is 52.5 Å². The topological polar surface area (TPSA) is 115 Å². The van der Waals surface area contributed by atoms with Gasteiger partial charge < -0.3 is 25.0 Å². The molecule has 0 unspecified atom stereocenters. The van der Waals surface area contributed by atoms with Crippen LogP contribution in [0.3, 0.4) is 0 Å². The molecular weight excluding hydrogens is 716 g/mol. The van der Waals surface area contributed by atoms with E-state index in [1.165, 1.54) is 6.92 Å². The van der Waals surface area contributed by atoms with Crippen molar-refractivity contribution in [3.05, 3.63) is 68.4 Å². The van der Waals surface area contributed by atoms with Crippen molar-refractivity contribution in [3.63, 3.8) is 0 Å². The molecule has 3 aromatic rings. The number of likely N-dealkylation sites (tertiary alicyclic amines) is 1. The van der Waals surface area contributed by atoms with E-state index in [9.17, 15) is 18.0 Å². The highest BCUT2D eigenvalue weighted by molar-refractivity contribution is 6.34. The van der Waals surface area contributed by atoms with Gasteiger partial charge in [-0.25, -0.2) is 4.39 Å². The minimum absolute atomic E-state index is 0.0530. The minimum Gasteiger partial charge on any atom is -0.461 e. The number of ether oxygens (including phenoxy) is 2. The number of halogens is 5. The number of anilines is 2. The summed E-state index contributed by atoms with van der Waals surface area (Å²) >= 11 is 6.85. The van der Waals surface area contributed by atoms with Gasteiger partial charge >= 0.3 is 12.2 Å². The molecule has 2 aromatic heterocycles. The monoisotopic (exact) mass is 754 g/mol. The van der Waals surface area contributed by atoms with Gasteiger partial charge in [0.25, 0.3) is 5.91 Å². The van der Waals surface area contributed by atoms with Crippen LogP contribution in [-0.4, -0.2) is 80.3 Å². The van der Waals surface area contributed by atoms with Gasteiger partial charge in [0, 0.05) is 55.8 Å². The van der Waals surface area contributed by atoms with Crippen molar-refractivity contribution in [2.24, 2.45) is 0 Å². The zero-order chi connectivity index (χ0) is 37.2. The molecule has 2 atom stereocenters. The van der Waals surface area contributed by atoms with Crippen molar-refractivity contribution in [1.29, 1.82) is 0 Å². The Bertz CT molecular complexity index is 2070. The van der Waals surface area contributed by atoms with Crippen LogP contribution in [0.5, 0.6) is 6.01 Å². The number of carbonyl (C=O) groups excluding carboxylic acids is 1. The minimum atomic E-state index is -4.94. The van der Waals surface area contributed by atoms with E-state index in [1.807, 2.05) is 4.90 Å². The fraction of sp³-hybridized carbons (Fsp3) is 0.514. The molecule has 0 saturated carbocycles. The second-order valence-corrected chi connectivity index (χ2v) is 14.8. The van der Waals surface area contributed by atoms with Crippen LogP contribution in [-0.2, 0) is 37.0 Å². The van der Waals surface area contributed by atoms with Crippen molar-refractivity contribution in [2.75, 3.05) is 50.0 Å². The van der Waals surface area contributed by atoms with Gasteiger partial charge in [-0.2, -0.15) is 28.2 Å². The highest BCUT2D eigenvalue weighted by atomic mass is 35.5. The Morgan fingerprint density at radius 1 is 1.17 bits per heavy atom. The summed E-state index contributed by atoms with van der Waals surface area (Å²) in [5.41, 5.74) is 5.72. The summed E-state index contributed by atoms with van der Waals surface area (Å²) < 4.78 is 73.9. The lowest BCUT2D eigenvalue weighted by molar-refractivity contribution is -0.140. The molecule has 1 amide bonds. The first kappa shape index (κ1) is 35.6. The quantitative estimate of drug-likeness (QED) is 0.147. The first-order valence-corrected chi connectivity index (χ1v) is 18.2. The predicted molar refractivity (Wildman–Crippen MR) is 188 cm³/mol. The maximum atomic E-state index is 15.8. The predicted octanol–water partition coefficient (Wildman–Crippen LogP) is 5.68. The molecule has 0 spiro atoms. The lowest BCUT2D eigenvalue weighted by atomic mass is 9.91. The Kier molecular flexibility index (Phi) is 9.06. The van der Waals surface area contributed by atoms with E-state index in [0.717, 1.165) is 50.4 Å². The van der Waals surface area contributed by atoms with Crippen molar-refractivity contribution in [1.82, 2.24) is 29.5 Å². The summed E-state index contributed by atoms with van der Waals surface area (Å²) in [7, 11) is 0.